The van der Waals surface area contributed by atoms with Gasteiger partial charge in [-0.05, 0) is 25.0 Å². The highest BCUT2D eigenvalue weighted by Gasteiger charge is 2.10. The van der Waals surface area contributed by atoms with Crippen LogP contribution in [-0.4, -0.2) is 37.6 Å². The van der Waals surface area contributed by atoms with Crippen molar-refractivity contribution >= 4 is 12.2 Å². The van der Waals surface area contributed by atoms with Gasteiger partial charge in [0.15, 0.2) is 0 Å². The molecule has 0 aliphatic carbocycles. The Labute approximate surface area is 130 Å². The molecule has 22 heavy (non-hydrogen) atoms. The number of rotatable bonds is 10. The van der Waals surface area contributed by atoms with Crippen LogP contribution < -0.4 is 9.47 Å². The van der Waals surface area contributed by atoms with E-state index in [4.69, 9.17) is 19.4 Å². The molecular formula is C16H23NO5. The first kappa shape index (κ1) is 17.8. The molecule has 0 atom stereocenters. The van der Waals surface area contributed by atoms with Crippen molar-refractivity contribution in [2.24, 2.45) is 5.16 Å². The van der Waals surface area contributed by atoms with E-state index in [1.54, 1.807) is 7.11 Å². The van der Waals surface area contributed by atoms with Crippen molar-refractivity contribution in [2.75, 3.05) is 20.3 Å². The number of aryl methyl sites for hydroxylation is 1. The zero-order valence-electron chi connectivity index (χ0n) is 13.3. The van der Waals surface area contributed by atoms with Crippen molar-refractivity contribution in [2.45, 2.75) is 33.1 Å². The van der Waals surface area contributed by atoms with E-state index >= 15 is 0 Å². The third kappa shape index (κ3) is 5.63. The first-order valence-corrected chi connectivity index (χ1v) is 7.33. The fraction of sp³-hybridized carbons (Fsp3) is 0.500. The van der Waals surface area contributed by atoms with Gasteiger partial charge in [0.05, 0.1) is 26.4 Å². The Morgan fingerprint density at radius 2 is 2.09 bits per heavy atom. The van der Waals surface area contributed by atoms with Gasteiger partial charge in [0.1, 0.15) is 18.1 Å². The Kier molecular flexibility index (Phi) is 7.81. The second-order valence-corrected chi connectivity index (χ2v) is 4.60. The molecule has 0 fully saturated rings. The minimum absolute atomic E-state index is 0.0355. The zero-order chi connectivity index (χ0) is 16.4. The van der Waals surface area contributed by atoms with Crippen LogP contribution in [0.1, 0.15) is 37.8 Å². The first-order chi connectivity index (χ1) is 10.6. The number of aliphatic carboxylic acids is 1. The van der Waals surface area contributed by atoms with Crippen LogP contribution in [0.25, 0.3) is 0 Å². The van der Waals surface area contributed by atoms with Crippen molar-refractivity contribution in [3.05, 3.63) is 23.3 Å². The Balaban J connectivity index is 2.91. The van der Waals surface area contributed by atoms with Gasteiger partial charge in [0, 0.05) is 11.6 Å². The van der Waals surface area contributed by atoms with E-state index in [9.17, 15) is 4.79 Å². The average molecular weight is 309 g/mol. The van der Waals surface area contributed by atoms with Crippen LogP contribution in [0.4, 0.5) is 0 Å². The summed E-state index contributed by atoms with van der Waals surface area (Å²) >= 11 is 0. The maximum absolute atomic E-state index is 10.4. The molecule has 122 valence electrons. The van der Waals surface area contributed by atoms with Gasteiger partial charge in [-0.2, -0.15) is 0 Å². The van der Waals surface area contributed by atoms with Crippen LogP contribution in [0, 0.1) is 0 Å². The number of ether oxygens (including phenoxy) is 2. The van der Waals surface area contributed by atoms with Crippen molar-refractivity contribution in [1.29, 1.82) is 0 Å². The highest BCUT2D eigenvalue weighted by atomic mass is 16.6. The van der Waals surface area contributed by atoms with Crippen LogP contribution in [0.5, 0.6) is 11.5 Å². The summed E-state index contributed by atoms with van der Waals surface area (Å²) in [4.78, 5) is 15.3. The molecule has 0 saturated heterocycles. The van der Waals surface area contributed by atoms with Crippen LogP contribution in [0.3, 0.4) is 0 Å². The highest BCUT2D eigenvalue weighted by molar-refractivity contribution is 5.84. The lowest BCUT2D eigenvalue weighted by Crippen LogP contribution is -2.02. The Morgan fingerprint density at radius 1 is 1.32 bits per heavy atom. The highest BCUT2D eigenvalue weighted by Crippen LogP contribution is 2.29. The normalized spacial score (nSPS) is 10.7. The second kappa shape index (κ2) is 9.65. The second-order valence-electron chi connectivity index (χ2n) is 4.60. The molecule has 0 aliphatic heterocycles. The number of methoxy groups -OCH3 is 1. The molecule has 0 aromatic heterocycles. The van der Waals surface area contributed by atoms with Crippen LogP contribution in [0.15, 0.2) is 17.3 Å². The molecule has 1 aromatic rings. The van der Waals surface area contributed by atoms with Gasteiger partial charge in [-0.1, -0.05) is 18.5 Å². The van der Waals surface area contributed by atoms with Gasteiger partial charge < -0.3 is 19.4 Å². The molecule has 6 heteroatoms. The first-order valence-electron chi connectivity index (χ1n) is 7.33. The van der Waals surface area contributed by atoms with E-state index < -0.39 is 5.97 Å². The lowest BCUT2D eigenvalue weighted by molar-refractivity contribution is -0.138. The van der Waals surface area contributed by atoms with Gasteiger partial charge in [0.2, 0.25) is 0 Å². The molecule has 1 aromatic carbocycles. The van der Waals surface area contributed by atoms with Gasteiger partial charge in [0.25, 0.3) is 0 Å². The molecule has 0 aliphatic rings. The van der Waals surface area contributed by atoms with E-state index in [2.05, 4.69) is 12.1 Å². The van der Waals surface area contributed by atoms with Crippen LogP contribution in [0.2, 0.25) is 0 Å². The summed E-state index contributed by atoms with van der Waals surface area (Å²) in [7, 11) is 1.63. The fourth-order valence-corrected chi connectivity index (χ4v) is 1.94. The third-order valence-electron chi connectivity index (χ3n) is 2.91. The number of carboxylic acids is 1. The molecular weight excluding hydrogens is 286 g/mol. The summed E-state index contributed by atoms with van der Waals surface area (Å²) in [5, 5.41) is 12.3. The third-order valence-corrected chi connectivity index (χ3v) is 2.91. The molecule has 1 N–H and O–H groups in total. The summed E-state index contributed by atoms with van der Waals surface area (Å²) < 4.78 is 11.0. The lowest BCUT2D eigenvalue weighted by atomic mass is 10.0. The predicted octanol–water partition coefficient (Wildman–Crippen LogP) is 2.87. The van der Waals surface area contributed by atoms with Gasteiger partial charge >= 0.3 is 5.97 Å². The molecule has 0 bridgehead atoms. The summed E-state index contributed by atoms with van der Waals surface area (Å²) in [5.41, 5.74) is 1.85. The van der Waals surface area contributed by atoms with Gasteiger partial charge in [-0.3, -0.25) is 4.79 Å². The molecule has 0 unspecified atom stereocenters. The molecule has 0 amide bonds. The van der Waals surface area contributed by atoms with Gasteiger partial charge in [-0.15, -0.1) is 0 Å². The van der Waals surface area contributed by atoms with Gasteiger partial charge in [-0.25, -0.2) is 0 Å². The van der Waals surface area contributed by atoms with Crippen molar-refractivity contribution in [1.82, 2.24) is 0 Å². The maximum Gasteiger partial charge on any atom is 0.306 e. The summed E-state index contributed by atoms with van der Waals surface area (Å²) in [6.07, 6.45) is 3.33. The molecule has 0 spiro atoms. The number of hydrogen-bond acceptors (Lipinski definition) is 5. The zero-order valence-corrected chi connectivity index (χ0v) is 13.3. The van der Waals surface area contributed by atoms with Crippen molar-refractivity contribution in [3.8, 4) is 11.5 Å². The number of carboxylic acid groups (broad SMARTS) is 1. The van der Waals surface area contributed by atoms with Crippen molar-refractivity contribution < 1.29 is 24.2 Å². The Hall–Kier alpha value is -2.24. The number of benzene rings is 1. The summed E-state index contributed by atoms with van der Waals surface area (Å²) in [6.45, 7) is 4.56. The number of carbonyl (C=O) groups is 1. The van der Waals surface area contributed by atoms with E-state index in [1.807, 2.05) is 19.1 Å². The fourth-order valence-electron chi connectivity index (χ4n) is 1.94. The molecule has 0 heterocycles. The number of hydrogen-bond donors (Lipinski definition) is 1. The molecule has 6 nitrogen and oxygen atoms in total. The molecule has 1 rings (SSSR count). The van der Waals surface area contributed by atoms with E-state index in [0.717, 1.165) is 29.7 Å². The van der Waals surface area contributed by atoms with Crippen molar-refractivity contribution in [3.63, 3.8) is 0 Å². The van der Waals surface area contributed by atoms with E-state index in [1.165, 1.54) is 6.21 Å². The SMILES string of the molecule is CCCc1cc(/C=N/OCCC(=O)O)c(OCC)cc1OC. The standard InChI is InChI=1S/C16H23NO5/c1-4-6-12-9-13(11-17-22-8-7-16(18)19)15(21-5-2)10-14(12)20-3/h9-11H,4-8H2,1-3H3,(H,18,19)/b17-11+. The number of nitrogens with zero attached hydrogens (tertiary/aromatic N) is 1. The summed E-state index contributed by atoms with van der Waals surface area (Å²) in [5.74, 6) is 0.527. The topological polar surface area (TPSA) is 77.4 Å². The smallest absolute Gasteiger partial charge is 0.306 e. The summed E-state index contributed by atoms with van der Waals surface area (Å²) in [6, 6.07) is 3.80. The largest absolute Gasteiger partial charge is 0.496 e. The van der Waals surface area contributed by atoms with E-state index in [0.29, 0.717) is 12.4 Å². The number of oxime groups is 1. The Bertz CT molecular complexity index is 514. The van der Waals surface area contributed by atoms with Crippen LogP contribution in [-0.2, 0) is 16.1 Å². The van der Waals surface area contributed by atoms with E-state index in [-0.39, 0.29) is 13.0 Å². The van der Waals surface area contributed by atoms with Crippen LogP contribution >= 0.6 is 0 Å². The lowest BCUT2D eigenvalue weighted by Gasteiger charge is -2.13. The average Bonchev–Trinajstić information content (AvgIpc) is 2.49. The Morgan fingerprint density at radius 3 is 2.68 bits per heavy atom. The monoisotopic (exact) mass is 309 g/mol. The molecule has 0 radical (unpaired) electrons. The molecule has 0 saturated carbocycles. The maximum atomic E-state index is 10.4. The quantitative estimate of drug-likeness (QED) is 0.408. The predicted molar refractivity (Wildman–Crippen MR) is 84.0 cm³/mol. The minimum atomic E-state index is -0.917. The minimum Gasteiger partial charge on any atom is -0.496 e.